The molecule has 0 aromatic carbocycles. The standard InChI is InChI=1S/C9H21N3O/c1-7(2)12-8(13)11-6-9(3,4)5-10/h7H,5-6,10H2,1-4H3,(H2,11,12,13). The van der Waals surface area contributed by atoms with Crippen LogP contribution in [-0.2, 0) is 0 Å². The Bertz CT molecular complexity index is 166. The van der Waals surface area contributed by atoms with E-state index in [4.69, 9.17) is 5.73 Å². The van der Waals surface area contributed by atoms with Gasteiger partial charge in [0, 0.05) is 12.6 Å². The van der Waals surface area contributed by atoms with Gasteiger partial charge in [-0.2, -0.15) is 0 Å². The Kier molecular flexibility index (Phi) is 4.77. The first-order chi connectivity index (χ1) is 5.87. The minimum absolute atomic E-state index is 0.0334. The van der Waals surface area contributed by atoms with Gasteiger partial charge in [-0.15, -0.1) is 0 Å². The van der Waals surface area contributed by atoms with Crippen LogP contribution in [0.4, 0.5) is 4.79 Å². The number of hydrogen-bond donors (Lipinski definition) is 3. The van der Waals surface area contributed by atoms with Gasteiger partial charge < -0.3 is 16.4 Å². The number of carbonyl (C=O) groups excluding carboxylic acids is 1. The molecule has 2 amide bonds. The molecule has 4 heteroatoms. The molecule has 0 rings (SSSR count). The van der Waals surface area contributed by atoms with Gasteiger partial charge in [-0.05, 0) is 25.8 Å². The van der Waals surface area contributed by atoms with Crippen molar-refractivity contribution in [3.63, 3.8) is 0 Å². The van der Waals surface area contributed by atoms with Crippen LogP contribution in [0.3, 0.4) is 0 Å². The van der Waals surface area contributed by atoms with E-state index in [0.717, 1.165) is 0 Å². The summed E-state index contributed by atoms with van der Waals surface area (Å²) < 4.78 is 0. The Morgan fingerprint density at radius 1 is 1.46 bits per heavy atom. The summed E-state index contributed by atoms with van der Waals surface area (Å²) in [7, 11) is 0. The zero-order chi connectivity index (χ0) is 10.5. The molecule has 4 N–H and O–H groups in total. The molecule has 78 valence electrons. The molecule has 0 aliphatic carbocycles. The smallest absolute Gasteiger partial charge is 0.315 e. The van der Waals surface area contributed by atoms with Crippen molar-refractivity contribution in [2.24, 2.45) is 11.1 Å². The maximum absolute atomic E-state index is 11.2. The molecule has 0 saturated heterocycles. The molecule has 0 heterocycles. The summed E-state index contributed by atoms with van der Waals surface area (Å²) >= 11 is 0. The Hall–Kier alpha value is -0.770. The predicted octanol–water partition coefficient (Wildman–Crippen LogP) is 0.679. The van der Waals surface area contributed by atoms with E-state index in [1.807, 2.05) is 27.7 Å². The highest BCUT2D eigenvalue weighted by atomic mass is 16.2. The van der Waals surface area contributed by atoms with Crippen LogP contribution in [0.5, 0.6) is 0 Å². The number of urea groups is 1. The third-order valence-corrected chi connectivity index (χ3v) is 1.70. The third-order valence-electron chi connectivity index (χ3n) is 1.70. The Labute approximate surface area is 80.3 Å². The SMILES string of the molecule is CC(C)NC(=O)NCC(C)(C)CN. The van der Waals surface area contributed by atoms with Gasteiger partial charge in [0.15, 0.2) is 0 Å². The average molecular weight is 187 g/mol. The van der Waals surface area contributed by atoms with Crippen LogP contribution < -0.4 is 16.4 Å². The van der Waals surface area contributed by atoms with Crippen molar-refractivity contribution >= 4 is 6.03 Å². The van der Waals surface area contributed by atoms with E-state index in [2.05, 4.69) is 10.6 Å². The van der Waals surface area contributed by atoms with Gasteiger partial charge in [-0.25, -0.2) is 4.79 Å². The van der Waals surface area contributed by atoms with Crippen LogP contribution >= 0.6 is 0 Å². The van der Waals surface area contributed by atoms with Crippen molar-refractivity contribution in [1.29, 1.82) is 0 Å². The van der Waals surface area contributed by atoms with E-state index in [1.54, 1.807) is 0 Å². The molecule has 0 atom stereocenters. The Balaban J connectivity index is 3.70. The number of amides is 2. The summed E-state index contributed by atoms with van der Waals surface area (Å²) in [5, 5.41) is 5.52. The second-order valence-electron chi connectivity index (χ2n) is 4.35. The highest BCUT2D eigenvalue weighted by Crippen LogP contribution is 2.09. The number of nitrogens with one attached hydrogen (secondary N) is 2. The van der Waals surface area contributed by atoms with Gasteiger partial charge in [0.25, 0.3) is 0 Å². The van der Waals surface area contributed by atoms with Gasteiger partial charge in [-0.1, -0.05) is 13.8 Å². The molecule has 0 saturated carbocycles. The molecular formula is C9H21N3O. The monoisotopic (exact) mass is 187 g/mol. The lowest BCUT2D eigenvalue weighted by Crippen LogP contribution is -2.45. The van der Waals surface area contributed by atoms with Gasteiger partial charge in [0.1, 0.15) is 0 Å². The summed E-state index contributed by atoms with van der Waals surface area (Å²) in [5.41, 5.74) is 5.49. The van der Waals surface area contributed by atoms with Crippen molar-refractivity contribution < 1.29 is 4.79 Å². The molecule has 4 nitrogen and oxygen atoms in total. The molecule has 0 unspecified atom stereocenters. The summed E-state index contributed by atoms with van der Waals surface area (Å²) in [4.78, 5) is 11.2. The van der Waals surface area contributed by atoms with Crippen molar-refractivity contribution in [3.8, 4) is 0 Å². The summed E-state index contributed by atoms with van der Waals surface area (Å²) in [6, 6.07) is 0.0394. The molecule has 0 aliphatic heterocycles. The van der Waals surface area contributed by atoms with Gasteiger partial charge >= 0.3 is 6.03 Å². The molecule has 0 radical (unpaired) electrons. The highest BCUT2D eigenvalue weighted by Gasteiger charge is 2.16. The summed E-state index contributed by atoms with van der Waals surface area (Å²) in [5.74, 6) is 0. The fourth-order valence-electron chi connectivity index (χ4n) is 0.705. The van der Waals surface area contributed by atoms with E-state index in [9.17, 15) is 4.79 Å². The van der Waals surface area contributed by atoms with E-state index in [1.165, 1.54) is 0 Å². The zero-order valence-corrected chi connectivity index (χ0v) is 8.98. The van der Waals surface area contributed by atoms with Crippen molar-refractivity contribution in [2.75, 3.05) is 13.1 Å². The quantitative estimate of drug-likeness (QED) is 0.606. The Morgan fingerprint density at radius 3 is 2.38 bits per heavy atom. The lowest BCUT2D eigenvalue weighted by molar-refractivity contribution is 0.232. The maximum atomic E-state index is 11.2. The van der Waals surface area contributed by atoms with E-state index in [-0.39, 0.29) is 17.5 Å². The molecule has 0 aliphatic rings. The molecule has 13 heavy (non-hydrogen) atoms. The van der Waals surface area contributed by atoms with Crippen LogP contribution in [0.25, 0.3) is 0 Å². The van der Waals surface area contributed by atoms with Crippen LogP contribution in [0.15, 0.2) is 0 Å². The summed E-state index contributed by atoms with van der Waals surface area (Å²) in [6.07, 6.45) is 0. The molecule has 0 aromatic rings. The lowest BCUT2D eigenvalue weighted by atomic mass is 9.94. The lowest BCUT2D eigenvalue weighted by Gasteiger charge is -2.23. The van der Waals surface area contributed by atoms with E-state index in [0.29, 0.717) is 13.1 Å². The van der Waals surface area contributed by atoms with Crippen LogP contribution in [0.2, 0.25) is 0 Å². The first-order valence-corrected chi connectivity index (χ1v) is 4.62. The number of hydrogen-bond acceptors (Lipinski definition) is 2. The highest BCUT2D eigenvalue weighted by molar-refractivity contribution is 5.74. The zero-order valence-electron chi connectivity index (χ0n) is 8.98. The molecule has 0 aromatic heterocycles. The van der Waals surface area contributed by atoms with Crippen LogP contribution in [-0.4, -0.2) is 25.2 Å². The molecule has 0 fully saturated rings. The molecule has 0 spiro atoms. The Morgan fingerprint density at radius 2 is 2.00 bits per heavy atom. The van der Waals surface area contributed by atoms with Crippen molar-refractivity contribution in [2.45, 2.75) is 33.7 Å². The molecule has 0 bridgehead atoms. The second kappa shape index (κ2) is 5.07. The van der Waals surface area contributed by atoms with Gasteiger partial charge in [0.2, 0.25) is 0 Å². The van der Waals surface area contributed by atoms with Crippen molar-refractivity contribution in [3.05, 3.63) is 0 Å². The van der Waals surface area contributed by atoms with Crippen LogP contribution in [0.1, 0.15) is 27.7 Å². The first-order valence-electron chi connectivity index (χ1n) is 4.62. The summed E-state index contributed by atoms with van der Waals surface area (Å²) in [6.45, 7) is 9.05. The minimum atomic E-state index is -0.128. The normalized spacial score (nSPS) is 11.5. The third kappa shape index (κ3) is 6.40. The molecular weight excluding hydrogens is 166 g/mol. The predicted molar refractivity (Wildman–Crippen MR) is 54.5 cm³/mol. The van der Waals surface area contributed by atoms with E-state index >= 15 is 0 Å². The number of rotatable bonds is 4. The topological polar surface area (TPSA) is 67.2 Å². The largest absolute Gasteiger partial charge is 0.338 e. The van der Waals surface area contributed by atoms with Gasteiger partial charge in [-0.3, -0.25) is 0 Å². The van der Waals surface area contributed by atoms with Crippen LogP contribution in [0, 0.1) is 5.41 Å². The van der Waals surface area contributed by atoms with E-state index < -0.39 is 0 Å². The second-order valence-corrected chi connectivity index (χ2v) is 4.35. The number of nitrogens with two attached hydrogens (primary N) is 1. The average Bonchev–Trinajstić information content (AvgIpc) is 2.00. The number of carbonyl (C=O) groups is 1. The first kappa shape index (κ1) is 12.2. The fraction of sp³-hybridized carbons (Fsp3) is 0.889. The fourth-order valence-corrected chi connectivity index (χ4v) is 0.705. The van der Waals surface area contributed by atoms with Gasteiger partial charge in [0.05, 0.1) is 0 Å². The maximum Gasteiger partial charge on any atom is 0.315 e. The minimum Gasteiger partial charge on any atom is -0.338 e. The van der Waals surface area contributed by atoms with Crippen molar-refractivity contribution in [1.82, 2.24) is 10.6 Å².